The second-order valence-corrected chi connectivity index (χ2v) is 7.37. The molecule has 0 aliphatic carbocycles. The number of nitrogens with zero attached hydrogens (tertiary/aromatic N) is 5. The molecule has 27 heavy (non-hydrogen) atoms. The number of nitrogens with one attached hydrogen (secondary N) is 2. The molecule has 10 heteroatoms. The molecular weight excluding hydrogens is 350 g/mol. The van der Waals surface area contributed by atoms with Crippen molar-refractivity contribution in [2.24, 2.45) is 0 Å². The summed E-state index contributed by atoms with van der Waals surface area (Å²) >= 11 is 0. The summed E-state index contributed by atoms with van der Waals surface area (Å²) < 4.78 is 5.45. The van der Waals surface area contributed by atoms with E-state index >= 15 is 0 Å². The monoisotopic (exact) mass is 375 g/mol. The number of likely N-dealkylation sites (tertiary alicyclic amines) is 1. The van der Waals surface area contributed by atoms with Gasteiger partial charge in [-0.25, -0.2) is 19.6 Å². The van der Waals surface area contributed by atoms with E-state index in [0.29, 0.717) is 24.7 Å². The molecule has 2 N–H and O–H groups in total. The van der Waals surface area contributed by atoms with Crippen LogP contribution in [0.3, 0.4) is 0 Å². The number of fused-ring (bicyclic) bond motifs is 1. The summed E-state index contributed by atoms with van der Waals surface area (Å²) in [6.45, 7) is 2.70. The number of carbonyl (C=O) groups excluding carboxylic acids is 2. The van der Waals surface area contributed by atoms with Crippen molar-refractivity contribution in [1.29, 1.82) is 0 Å². The predicted molar refractivity (Wildman–Crippen MR) is 98.7 cm³/mol. The van der Waals surface area contributed by atoms with E-state index < -0.39 is 0 Å². The summed E-state index contributed by atoms with van der Waals surface area (Å²) in [5, 5.41) is 6.11. The molecule has 2 atom stereocenters. The topological polar surface area (TPSA) is 103 Å². The molecule has 4 rings (SSSR count). The van der Waals surface area contributed by atoms with Crippen LogP contribution in [0.4, 0.5) is 21.2 Å². The third kappa shape index (κ3) is 3.48. The Balaban J connectivity index is 1.31. The summed E-state index contributed by atoms with van der Waals surface area (Å²) in [4.78, 5) is 38.5. The Kier molecular flexibility index (Phi) is 4.73. The van der Waals surface area contributed by atoms with Gasteiger partial charge in [-0.3, -0.25) is 4.90 Å². The summed E-state index contributed by atoms with van der Waals surface area (Å²) in [5.41, 5.74) is 0.565. The smallest absolute Gasteiger partial charge is 0.410 e. The van der Waals surface area contributed by atoms with Crippen molar-refractivity contribution < 1.29 is 14.3 Å². The van der Waals surface area contributed by atoms with E-state index in [1.807, 2.05) is 19.0 Å². The first kappa shape index (κ1) is 17.8. The van der Waals surface area contributed by atoms with Crippen LogP contribution in [0.15, 0.2) is 12.4 Å². The molecule has 1 aromatic heterocycles. The van der Waals surface area contributed by atoms with Gasteiger partial charge in [-0.2, -0.15) is 0 Å². The van der Waals surface area contributed by atoms with Crippen molar-refractivity contribution in [3.8, 4) is 0 Å². The zero-order valence-corrected chi connectivity index (χ0v) is 15.6. The lowest BCUT2D eigenvalue weighted by Crippen LogP contribution is -2.51. The van der Waals surface area contributed by atoms with Gasteiger partial charge in [0.25, 0.3) is 0 Å². The maximum absolute atomic E-state index is 12.5. The highest BCUT2D eigenvalue weighted by atomic mass is 16.6. The van der Waals surface area contributed by atoms with Gasteiger partial charge in [0.15, 0.2) is 0 Å². The van der Waals surface area contributed by atoms with Crippen LogP contribution in [0.1, 0.15) is 12.8 Å². The van der Waals surface area contributed by atoms with Gasteiger partial charge in [-0.05, 0) is 12.8 Å². The minimum absolute atomic E-state index is 0.0380. The molecule has 4 heterocycles. The van der Waals surface area contributed by atoms with E-state index in [-0.39, 0.29) is 30.3 Å². The van der Waals surface area contributed by atoms with Crippen molar-refractivity contribution in [2.45, 2.75) is 31.0 Å². The Morgan fingerprint density at radius 3 is 2.63 bits per heavy atom. The first-order valence-electron chi connectivity index (χ1n) is 9.28. The summed E-state index contributed by atoms with van der Waals surface area (Å²) in [7, 11) is 3.72. The Morgan fingerprint density at radius 1 is 1.26 bits per heavy atom. The summed E-state index contributed by atoms with van der Waals surface area (Å²) in [6.07, 6.45) is 4.45. The van der Waals surface area contributed by atoms with E-state index in [0.717, 1.165) is 25.9 Å². The SMILES string of the molecule is CN(C)c1ncc(NC(=O)N2CCC(N3C(=O)O[C@H]4CNC[C@H]43)CC2)cn1. The van der Waals surface area contributed by atoms with Crippen LogP contribution in [-0.2, 0) is 4.74 Å². The third-order valence-electron chi connectivity index (χ3n) is 5.38. The number of piperidine rings is 1. The van der Waals surface area contributed by atoms with E-state index in [1.54, 1.807) is 22.2 Å². The molecule has 0 unspecified atom stereocenters. The maximum Gasteiger partial charge on any atom is 0.410 e. The van der Waals surface area contributed by atoms with Crippen LogP contribution in [0.2, 0.25) is 0 Å². The lowest BCUT2D eigenvalue weighted by atomic mass is 10.0. The lowest BCUT2D eigenvalue weighted by Gasteiger charge is -2.37. The van der Waals surface area contributed by atoms with Crippen molar-refractivity contribution in [2.75, 3.05) is 50.5 Å². The molecule has 3 saturated heterocycles. The number of ether oxygens (including phenoxy) is 1. The molecule has 3 amide bonds. The molecule has 3 aliphatic rings. The average molecular weight is 375 g/mol. The third-order valence-corrected chi connectivity index (χ3v) is 5.38. The molecule has 10 nitrogen and oxygen atoms in total. The first-order chi connectivity index (χ1) is 13.0. The van der Waals surface area contributed by atoms with Crippen molar-refractivity contribution in [3.05, 3.63) is 12.4 Å². The number of carbonyl (C=O) groups is 2. The second-order valence-electron chi connectivity index (χ2n) is 7.37. The maximum atomic E-state index is 12.5. The van der Waals surface area contributed by atoms with Crippen LogP contribution in [-0.4, -0.2) is 90.4 Å². The van der Waals surface area contributed by atoms with Crippen molar-refractivity contribution in [1.82, 2.24) is 25.1 Å². The number of aromatic nitrogens is 2. The van der Waals surface area contributed by atoms with E-state index in [9.17, 15) is 9.59 Å². The Morgan fingerprint density at radius 2 is 1.96 bits per heavy atom. The molecule has 3 fully saturated rings. The molecule has 0 bridgehead atoms. The number of urea groups is 1. The molecule has 3 aliphatic heterocycles. The number of rotatable bonds is 3. The van der Waals surface area contributed by atoms with Gasteiger partial charge in [-0.1, -0.05) is 0 Å². The van der Waals surface area contributed by atoms with Crippen LogP contribution in [0.5, 0.6) is 0 Å². The predicted octanol–water partition coefficient (Wildman–Crippen LogP) is 0.332. The summed E-state index contributed by atoms with van der Waals surface area (Å²) in [5.74, 6) is 0.589. The van der Waals surface area contributed by atoms with Gasteiger partial charge < -0.3 is 25.2 Å². The quantitative estimate of drug-likeness (QED) is 0.785. The van der Waals surface area contributed by atoms with Gasteiger partial charge in [0.2, 0.25) is 5.95 Å². The number of anilines is 2. The Labute approximate surface area is 157 Å². The normalized spacial score (nSPS) is 25.3. The first-order valence-corrected chi connectivity index (χ1v) is 9.28. The minimum Gasteiger partial charge on any atom is -0.442 e. The van der Waals surface area contributed by atoms with Crippen molar-refractivity contribution in [3.63, 3.8) is 0 Å². The average Bonchev–Trinajstić information content (AvgIpc) is 3.22. The molecule has 0 radical (unpaired) electrons. The number of hydrogen-bond donors (Lipinski definition) is 2. The molecular formula is C17H25N7O3. The van der Waals surface area contributed by atoms with Crippen LogP contribution >= 0.6 is 0 Å². The highest BCUT2D eigenvalue weighted by Gasteiger charge is 2.48. The zero-order valence-electron chi connectivity index (χ0n) is 15.6. The van der Waals surface area contributed by atoms with Gasteiger partial charge in [0.1, 0.15) is 6.10 Å². The standard InChI is InChI=1S/C17H25N7O3/c1-22(2)15-19-7-11(8-20-15)21-16(25)23-5-3-12(4-6-23)24-13-9-18-10-14(13)27-17(24)26/h7-8,12-14,18H,3-6,9-10H2,1-2H3,(H,21,25)/t13-,14+/m1/s1. The Bertz CT molecular complexity index is 703. The van der Waals surface area contributed by atoms with Gasteiger partial charge in [0, 0.05) is 46.3 Å². The fourth-order valence-electron chi connectivity index (χ4n) is 3.95. The van der Waals surface area contributed by atoms with E-state index in [1.165, 1.54) is 0 Å². The lowest BCUT2D eigenvalue weighted by molar-refractivity contribution is 0.111. The molecule has 0 aromatic carbocycles. The number of amides is 3. The van der Waals surface area contributed by atoms with Gasteiger partial charge >= 0.3 is 12.1 Å². The fraction of sp³-hybridized carbons (Fsp3) is 0.647. The molecule has 1 aromatic rings. The van der Waals surface area contributed by atoms with Gasteiger partial charge in [0.05, 0.1) is 24.1 Å². The number of hydrogen-bond acceptors (Lipinski definition) is 7. The van der Waals surface area contributed by atoms with Crippen LogP contribution in [0.25, 0.3) is 0 Å². The largest absolute Gasteiger partial charge is 0.442 e. The van der Waals surface area contributed by atoms with Crippen LogP contribution in [0, 0.1) is 0 Å². The Hall–Kier alpha value is -2.62. The summed E-state index contributed by atoms with van der Waals surface area (Å²) in [6, 6.07) is 0.0773. The molecule has 0 saturated carbocycles. The molecule has 146 valence electrons. The van der Waals surface area contributed by atoms with E-state index in [4.69, 9.17) is 4.74 Å². The fourth-order valence-corrected chi connectivity index (χ4v) is 3.95. The highest BCUT2D eigenvalue weighted by molar-refractivity contribution is 5.89. The van der Waals surface area contributed by atoms with Crippen molar-refractivity contribution >= 4 is 23.8 Å². The van der Waals surface area contributed by atoms with E-state index in [2.05, 4.69) is 20.6 Å². The zero-order chi connectivity index (χ0) is 19.0. The highest BCUT2D eigenvalue weighted by Crippen LogP contribution is 2.29. The molecule has 0 spiro atoms. The second kappa shape index (κ2) is 7.18. The van der Waals surface area contributed by atoms with Gasteiger partial charge in [-0.15, -0.1) is 0 Å². The minimum atomic E-state index is -0.215. The van der Waals surface area contributed by atoms with Crippen LogP contribution < -0.4 is 15.5 Å².